The highest BCUT2D eigenvalue weighted by Crippen LogP contribution is 2.00. The first kappa shape index (κ1) is 11.2. The molecule has 4 nitrogen and oxygen atoms in total. The molecule has 0 atom stereocenters. The fraction of sp³-hybridized carbons (Fsp3) is 0.273. The van der Waals surface area contributed by atoms with E-state index in [0.29, 0.717) is 0 Å². The van der Waals surface area contributed by atoms with Gasteiger partial charge in [-0.3, -0.25) is 4.79 Å². The van der Waals surface area contributed by atoms with E-state index >= 15 is 0 Å². The molecule has 1 rings (SSSR count). The van der Waals surface area contributed by atoms with Gasteiger partial charge in [0.2, 0.25) is 0 Å². The van der Waals surface area contributed by atoms with E-state index in [1.807, 2.05) is 30.3 Å². The Morgan fingerprint density at radius 3 is 2.40 bits per heavy atom. The predicted molar refractivity (Wildman–Crippen MR) is 53.1 cm³/mol. The minimum atomic E-state index is -0.559. The molecular formula is C11H12O4. The average molecular weight is 208 g/mol. The number of benzene rings is 1. The normalized spacial score (nSPS) is 9.40. The van der Waals surface area contributed by atoms with Crippen molar-refractivity contribution in [3.63, 3.8) is 0 Å². The van der Waals surface area contributed by atoms with Crippen LogP contribution in [0.25, 0.3) is 0 Å². The monoisotopic (exact) mass is 208 g/mol. The number of carbonyl (C=O) groups is 2. The van der Waals surface area contributed by atoms with Gasteiger partial charge in [-0.2, -0.15) is 0 Å². The Morgan fingerprint density at radius 2 is 1.80 bits per heavy atom. The maximum Gasteiger partial charge on any atom is 0.344 e. The molecule has 0 N–H and O–H groups in total. The second kappa shape index (κ2) is 5.80. The van der Waals surface area contributed by atoms with Gasteiger partial charge in [0.05, 0.1) is 13.5 Å². The molecule has 1 aromatic rings. The van der Waals surface area contributed by atoms with Crippen molar-refractivity contribution in [3.05, 3.63) is 35.9 Å². The van der Waals surface area contributed by atoms with Gasteiger partial charge in [0.15, 0.2) is 6.61 Å². The van der Waals surface area contributed by atoms with E-state index in [-0.39, 0.29) is 13.0 Å². The number of ether oxygens (including phenoxy) is 2. The van der Waals surface area contributed by atoms with E-state index in [4.69, 9.17) is 0 Å². The van der Waals surface area contributed by atoms with E-state index in [9.17, 15) is 9.59 Å². The fourth-order valence-corrected chi connectivity index (χ4v) is 1.01. The van der Waals surface area contributed by atoms with Crippen molar-refractivity contribution in [2.45, 2.75) is 6.42 Å². The summed E-state index contributed by atoms with van der Waals surface area (Å²) in [5, 5.41) is 0. The van der Waals surface area contributed by atoms with Crippen LogP contribution in [0, 0.1) is 0 Å². The van der Waals surface area contributed by atoms with E-state index in [1.54, 1.807) is 0 Å². The second-order valence-corrected chi connectivity index (χ2v) is 2.90. The Labute approximate surface area is 87.8 Å². The SMILES string of the molecule is COC(=O)COC(=O)Cc1ccccc1. The van der Waals surface area contributed by atoms with Gasteiger partial charge in [-0.05, 0) is 5.56 Å². The zero-order valence-electron chi connectivity index (χ0n) is 8.43. The van der Waals surface area contributed by atoms with Crippen molar-refractivity contribution >= 4 is 11.9 Å². The Bertz CT molecular complexity index is 332. The standard InChI is InChI=1S/C11H12O4/c1-14-11(13)8-15-10(12)7-9-5-3-2-4-6-9/h2-6H,7-8H2,1H3. The summed E-state index contributed by atoms with van der Waals surface area (Å²) in [7, 11) is 1.24. The van der Waals surface area contributed by atoms with Crippen molar-refractivity contribution in [3.8, 4) is 0 Å². The molecular weight excluding hydrogens is 196 g/mol. The first-order valence-corrected chi connectivity index (χ1v) is 4.48. The number of hydrogen-bond donors (Lipinski definition) is 0. The van der Waals surface area contributed by atoms with Crippen molar-refractivity contribution in [1.29, 1.82) is 0 Å². The third-order valence-corrected chi connectivity index (χ3v) is 1.77. The Balaban J connectivity index is 2.34. The molecule has 0 aliphatic heterocycles. The number of esters is 2. The quantitative estimate of drug-likeness (QED) is 0.691. The molecule has 0 saturated carbocycles. The molecule has 0 amide bonds. The molecule has 0 spiro atoms. The molecule has 1 aromatic carbocycles. The van der Waals surface area contributed by atoms with Crippen LogP contribution in [0.3, 0.4) is 0 Å². The lowest BCUT2D eigenvalue weighted by atomic mass is 10.2. The number of rotatable bonds is 4. The van der Waals surface area contributed by atoms with Crippen molar-refractivity contribution < 1.29 is 19.1 Å². The van der Waals surface area contributed by atoms with Gasteiger partial charge < -0.3 is 9.47 Å². The number of carbonyl (C=O) groups excluding carboxylic acids is 2. The van der Waals surface area contributed by atoms with Crippen molar-refractivity contribution in [2.24, 2.45) is 0 Å². The largest absolute Gasteiger partial charge is 0.466 e. The minimum absolute atomic E-state index is 0.165. The maximum atomic E-state index is 11.2. The van der Waals surface area contributed by atoms with Crippen LogP contribution < -0.4 is 0 Å². The van der Waals surface area contributed by atoms with E-state index < -0.39 is 11.9 Å². The van der Waals surface area contributed by atoms with E-state index in [2.05, 4.69) is 9.47 Å². The highest BCUT2D eigenvalue weighted by atomic mass is 16.6. The summed E-state index contributed by atoms with van der Waals surface area (Å²) >= 11 is 0. The first-order valence-electron chi connectivity index (χ1n) is 4.48. The van der Waals surface area contributed by atoms with Crippen molar-refractivity contribution in [2.75, 3.05) is 13.7 Å². The van der Waals surface area contributed by atoms with Gasteiger partial charge in [0.25, 0.3) is 0 Å². The van der Waals surface area contributed by atoms with Gasteiger partial charge in [-0.1, -0.05) is 30.3 Å². The van der Waals surface area contributed by atoms with Crippen molar-refractivity contribution in [1.82, 2.24) is 0 Å². The number of methoxy groups -OCH3 is 1. The summed E-state index contributed by atoms with van der Waals surface area (Å²) in [6.45, 7) is -0.331. The molecule has 80 valence electrons. The zero-order valence-corrected chi connectivity index (χ0v) is 8.43. The summed E-state index contributed by atoms with van der Waals surface area (Å²) < 4.78 is 9.02. The molecule has 15 heavy (non-hydrogen) atoms. The smallest absolute Gasteiger partial charge is 0.344 e. The molecule has 0 aliphatic carbocycles. The Hall–Kier alpha value is -1.84. The minimum Gasteiger partial charge on any atom is -0.466 e. The highest BCUT2D eigenvalue weighted by Gasteiger charge is 2.07. The van der Waals surface area contributed by atoms with Crippen LogP contribution in [0.4, 0.5) is 0 Å². The third-order valence-electron chi connectivity index (χ3n) is 1.77. The Morgan fingerprint density at radius 1 is 1.13 bits per heavy atom. The van der Waals surface area contributed by atoms with Gasteiger partial charge in [0.1, 0.15) is 0 Å². The molecule has 0 heterocycles. The zero-order chi connectivity index (χ0) is 11.1. The lowest BCUT2D eigenvalue weighted by Crippen LogP contribution is -2.16. The molecule has 0 unspecified atom stereocenters. The molecule has 0 radical (unpaired) electrons. The van der Waals surface area contributed by atoms with Crippen LogP contribution in [0.5, 0.6) is 0 Å². The highest BCUT2D eigenvalue weighted by molar-refractivity contribution is 5.77. The van der Waals surface area contributed by atoms with E-state index in [0.717, 1.165) is 5.56 Å². The van der Waals surface area contributed by atoms with Crippen LogP contribution in [0.2, 0.25) is 0 Å². The second-order valence-electron chi connectivity index (χ2n) is 2.90. The topological polar surface area (TPSA) is 52.6 Å². The molecule has 4 heteroatoms. The van der Waals surface area contributed by atoms with Gasteiger partial charge in [0, 0.05) is 0 Å². The molecule has 0 bridgehead atoms. The average Bonchev–Trinajstić information content (AvgIpc) is 2.27. The summed E-state index contributed by atoms with van der Waals surface area (Å²) in [6, 6.07) is 9.17. The third kappa shape index (κ3) is 4.26. The van der Waals surface area contributed by atoms with Crippen LogP contribution in [0.1, 0.15) is 5.56 Å². The lowest BCUT2D eigenvalue weighted by molar-refractivity contribution is -0.156. The lowest BCUT2D eigenvalue weighted by Gasteiger charge is -2.03. The molecule has 0 fully saturated rings. The predicted octanol–water partition coefficient (Wildman–Crippen LogP) is 0.945. The molecule has 0 saturated heterocycles. The maximum absolute atomic E-state index is 11.2. The summed E-state index contributed by atoms with van der Waals surface area (Å²) in [6.07, 6.45) is 0.165. The summed E-state index contributed by atoms with van der Waals surface area (Å²) in [5.41, 5.74) is 0.854. The van der Waals surface area contributed by atoms with Gasteiger partial charge >= 0.3 is 11.9 Å². The first-order chi connectivity index (χ1) is 7.22. The van der Waals surface area contributed by atoms with Crippen LogP contribution in [0.15, 0.2) is 30.3 Å². The molecule has 0 aliphatic rings. The van der Waals surface area contributed by atoms with Gasteiger partial charge in [-0.15, -0.1) is 0 Å². The van der Waals surface area contributed by atoms with Crippen LogP contribution in [-0.2, 0) is 25.5 Å². The summed E-state index contributed by atoms with van der Waals surface area (Å²) in [5.74, 6) is -0.997. The Kier molecular flexibility index (Phi) is 4.34. The molecule has 0 aromatic heterocycles. The van der Waals surface area contributed by atoms with Gasteiger partial charge in [-0.25, -0.2) is 4.79 Å². The number of hydrogen-bond acceptors (Lipinski definition) is 4. The fourth-order valence-electron chi connectivity index (χ4n) is 1.01. The van der Waals surface area contributed by atoms with E-state index in [1.165, 1.54) is 7.11 Å². The van der Waals surface area contributed by atoms with Crippen LogP contribution in [-0.4, -0.2) is 25.7 Å². The van der Waals surface area contributed by atoms with Crippen LogP contribution >= 0.6 is 0 Å². The summed E-state index contributed by atoms with van der Waals surface area (Å²) in [4.78, 5) is 21.9.